The Hall–Kier alpha value is -3.16. The molecular weight excluding hydrogens is 412 g/mol. The maximum Gasteiger partial charge on any atom is 0.251 e. The Morgan fingerprint density at radius 2 is 1.45 bits per heavy atom. The van der Waals surface area contributed by atoms with Crippen LogP contribution in [0.2, 0.25) is 0 Å². The molecule has 3 rings (SSSR count). The number of amides is 1. The van der Waals surface area contributed by atoms with E-state index in [9.17, 15) is 13.2 Å². The Balaban J connectivity index is 1.92. The normalized spacial score (nSPS) is 12.4. The van der Waals surface area contributed by atoms with Gasteiger partial charge in [0.2, 0.25) is 10.0 Å². The minimum atomic E-state index is -3.78. The number of carbonyl (C=O) groups is 1. The maximum atomic E-state index is 13.0. The Kier molecular flexibility index (Phi) is 7.09. The summed E-state index contributed by atoms with van der Waals surface area (Å²) in [5, 5.41) is 3.03. The molecular formula is C24H26N2O4S. The fourth-order valence-corrected chi connectivity index (χ4v) is 4.52. The molecule has 0 aliphatic heterocycles. The van der Waals surface area contributed by atoms with Crippen LogP contribution in [0.4, 0.5) is 0 Å². The van der Waals surface area contributed by atoms with Gasteiger partial charge < -0.3 is 10.1 Å². The van der Waals surface area contributed by atoms with E-state index in [1.54, 1.807) is 6.07 Å². The monoisotopic (exact) mass is 438 g/mol. The molecule has 0 saturated carbocycles. The van der Waals surface area contributed by atoms with E-state index in [0.29, 0.717) is 0 Å². The Morgan fingerprint density at radius 3 is 1.94 bits per heavy atom. The highest BCUT2D eigenvalue weighted by Crippen LogP contribution is 2.29. The van der Waals surface area contributed by atoms with Crippen LogP contribution in [-0.2, 0) is 10.0 Å². The van der Waals surface area contributed by atoms with Crippen molar-refractivity contribution in [1.82, 2.24) is 10.0 Å². The van der Waals surface area contributed by atoms with Crippen LogP contribution in [0.1, 0.15) is 34.3 Å². The van der Waals surface area contributed by atoms with Crippen LogP contribution in [-0.4, -0.2) is 34.5 Å². The molecule has 3 aromatic carbocycles. The zero-order chi connectivity index (χ0) is 22.4. The number of hydrogen-bond acceptors (Lipinski definition) is 4. The zero-order valence-electron chi connectivity index (χ0n) is 17.7. The van der Waals surface area contributed by atoms with Crippen molar-refractivity contribution in [2.45, 2.75) is 23.8 Å². The number of sulfonamides is 1. The topological polar surface area (TPSA) is 84.5 Å². The van der Waals surface area contributed by atoms with Gasteiger partial charge in [-0.15, -0.1) is 0 Å². The van der Waals surface area contributed by atoms with E-state index < -0.39 is 10.0 Å². The van der Waals surface area contributed by atoms with Crippen molar-refractivity contribution in [3.63, 3.8) is 0 Å². The van der Waals surface area contributed by atoms with E-state index in [2.05, 4.69) is 10.0 Å². The van der Waals surface area contributed by atoms with Gasteiger partial charge >= 0.3 is 0 Å². The van der Waals surface area contributed by atoms with E-state index in [4.69, 9.17) is 4.74 Å². The van der Waals surface area contributed by atoms with Crippen LogP contribution >= 0.6 is 0 Å². The van der Waals surface area contributed by atoms with Gasteiger partial charge in [0.25, 0.3) is 5.91 Å². The van der Waals surface area contributed by atoms with Crippen molar-refractivity contribution in [3.05, 3.63) is 95.6 Å². The summed E-state index contributed by atoms with van der Waals surface area (Å²) in [5.74, 6) is -0.255. The smallest absolute Gasteiger partial charge is 0.251 e. The number of nitrogens with one attached hydrogen (secondary N) is 2. The lowest BCUT2D eigenvalue weighted by molar-refractivity contribution is 0.0936. The average Bonchev–Trinajstić information content (AvgIpc) is 2.80. The molecule has 0 radical (unpaired) electrons. The number of ether oxygens (including phenoxy) is 1. The minimum absolute atomic E-state index is 0.0647. The molecule has 0 spiro atoms. The van der Waals surface area contributed by atoms with Crippen molar-refractivity contribution in [1.29, 1.82) is 0 Å². The highest BCUT2D eigenvalue weighted by molar-refractivity contribution is 7.89. The largest absolute Gasteiger partial charge is 0.495 e. The molecule has 1 unspecified atom stereocenters. The molecule has 0 saturated heterocycles. The van der Waals surface area contributed by atoms with Gasteiger partial charge in [-0.1, -0.05) is 60.7 Å². The summed E-state index contributed by atoms with van der Waals surface area (Å²) in [6, 6.07) is 24.0. The SMILES string of the molecule is CNS(=O)(=O)c1cc(C(=O)NC(C)C(c2ccccc2)c2ccccc2)ccc1OC. The van der Waals surface area contributed by atoms with E-state index in [0.717, 1.165) is 11.1 Å². The lowest BCUT2D eigenvalue weighted by Crippen LogP contribution is -2.37. The first-order valence-corrected chi connectivity index (χ1v) is 11.4. The number of hydrogen-bond donors (Lipinski definition) is 2. The van der Waals surface area contributed by atoms with Gasteiger partial charge in [0, 0.05) is 17.5 Å². The first-order chi connectivity index (χ1) is 14.9. The highest BCUT2D eigenvalue weighted by atomic mass is 32.2. The molecule has 7 heteroatoms. The molecule has 0 fully saturated rings. The molecule has 162 valence electrons. The molecule has 0 bridgehead atoms. The van der Waals surface area contributed by atoms with Crippen LogP contribution in [0.3, 0.4) is 0 Å². The summed E-state index contributed by atoms with van der Waals surface area (Å²) in [6.45, 7) is 1.94. The van der Waals surface area contributed by atoms with Crippen LogP contribution in [0.15, 0.2) is 83.8 Å². The third-order valence-corrected chi connectivity index (χ3v) is 6.60. The summed E-state index contributed by atoms with van der Waals surface area (Å²) in [6.07, 6.45) is 0. The van der Waals surface area contributed by atoms with Gasteiger partial charge in [-0.05, 0) is 43.3 Å². The summed E-state index contributed by atoms with van der Waals surface area (Å²) in [5.41, 5.74) is 2.39. The lowest BCUT2D eigenvalue weighted by atomic mass is 9.85. The number of rotatable bonds is 8. The third kappa shape index (κ3) is 5.13. The first kappa shape index (κ1) is 22.5. The maximum absolute atomic E-state index is 13.0. The number of methoxy groups -OCH3 is 1. The van der Waals surface area contributed by atoms with Crippen molar-refractivity contribution in [2.24, 2.45) is 0 Å². The van der Waals surface area contributed by atoms with Gasteiger partial charge in [-0.25, -0.2) is 13.1 Å². The predicted molar refractivity (Wildman–Crippen MR) is 121 cm³/mol. The molecule has 31 heavy (non-hydrogen) atoms. The zero-order valence-corrected chi connectivity index (χ0v) is 18.5. The third-order valence-electron chi connectivity index (χ3n) is 5.16. The molecule has 2 N–H and O–H groups in total. The first-order valence-electron chi connectivity index (χ1n) is 9.89. The molecule has 0 aromatic heterocycles. The molecule has 1 atom stereocenters. The van der Waals surface area contributed by atoms with Gasteiger partial charge in [-0.2, -0.15) is 0 Å². The predicted octanol–water partition coefficient (Wildman–Crippen LogP) is 3.55. The summed E-state index contributed by atoms with van der Waals surface area (Å²) in [4.78, 5) is 12.9. The number of carbonyl (C=O) groups excluding carboxylic acids is 1. The second-order valence-corrected chi connectivity index (χ2v) is 8.99. The van der Waals surface area contributed by atoms with Crippen LogP contribution in [0, 0.1) is 0 Å². The van der Waals surface area contributed by atoms with E-state index in [-0.39, 0.29) is 34.1 Å². The molecule has 0 aliphatic rings. The van der Waals surface area contributed by atoms with Gasteiger partial charge in [0.15, 0.2) is 0 Å². The molecule has 0 aliphatic carbocycles. The molecule has 3 aromatic rings. The molecule has 1 amide bonds. The fourth-order valence-electron chi connectivity index (χ4n) is 3.60. The lowest BCUT2D eigenvalue weighted by Gasteiger charge is -2.26. The molecule has 6 nitrogen and oxygen atoms in total. The van der Waals surface area contributed by atoms with Crippen LogP contribution < -0.4 is 14.8 Å². The number of benzene rings is 3. The quantitative estimate of drug-likeness (QED) is 0.563. The van der Waals surface area contributed by atoms with E-state index in [1.165, 1.54) is 26.3 Å². The Bertz CT molecular complexity index is 1090. The summed E-state index contributed by atoms with van der Waals surface area (Å²) in [7, 11) is -1.08. The second kappa shape index (κ2) is 9.76. The average molecular weight is 439 g/mol. The van der Waals surface area contributed by atoms with Gasteiger partial charge in [0.05, 0.1) is 7.11 Å². The van der Waals surface area contributed by atoms with Crippen LogP contribution in [0.25, 0.3) is 0 Å². The van der Waals surface area contributed by atoms with Crippen molar-refractivity contribution in [3.8, 4) is 5.75 Å². The molecule has 0 heterocycles. The minimum Gasteiger partial charge on any atom is -0.495 e. The van der Waals surface area contributed by atoms with Crippen LogP contribution in [0.5, 0.6) is 5.75 Å². The second-order valence-electron chi connectivity index (χ2n) is 7.13. The highest BCUT2D eigenvalue weighted by Gasteiger charge is 2.25. The summed E-state index contributed by atoms with van der Waals surface area (Å²) < 4.78 is 32.1. The van der Waals surface area contributed by atoms with Crippen molar-refractivity contribution < 1.29 is 17.9 Å². The Morgan fingerprint density at radius 1 is 0.903 bits per heavy atom. The van der Waals surface area contributed by atoms with Gasteiger partial charge in [0.1, 0.15) is 10.6 Å². The fraction of sp³-hybridized carbons (Fsp3) is 0.208. The van der Waals surface area contributed by atoms with Crippen molar-refractivity contribution >= 4 is 15.9 Å². The van der Waals surface area contributed by atoms with Gasteiger partial charge in [-0.3, -0.25) is 4.79 Å². The summed E-state index contributed by atoms with van der Waals surface area (Å²) >= 11 is 0. The van der Waals surface area contributed by atoms with Crippen molar-refractivity contribution in [2.75, 3.05) is 14.2 Å². The van der Waals surface area contributed by atoms with E-state index >= 15 is 0 Å². The standard InChI is InChI=1S/C24H26N2O4S/c1-17(23(18-10-6-4-7-11-18)19-12-8-5-9-13-19)26-24(27)20-14-15-21(30-3)22(16-20)31(28,29)25-2/h4-17,23,25H,1-3H3,(H,26,27). The van der Waals surface area contributed by atoms with E-state index in [1.807, 2.05) is 67.6 Å². The Labute approximate surface area is 183 Å².